The molecule has 0 unspecified atom stereocenters. The van der Waals surface area contributed by atoms with Gasteiger partial charge in [-0.3, -0.25) is 0 Å². The van der Waals surface area contributed by atoms with Crippen LogP contribution in [0.4, 0.5) is 0 Å². The van der Waals surface area contributed by atoms with Crippen molar-refractivity contribution in [2.24, 2.45) is 0 Å². The Morgan fingerprint density at radius 2 is 1.96 bits per heavy atom. The molecule has 2 aromatic carbocycles. The third-order valence-electron chi connectivity index (χ3n) is 4.22. The van der Waals surface area contributed by atoms with E-state index in [9.17, 15) is 0 Å². The van der Waals surface area contributed by atoms with Crippen molar-refractivity contribution in [3.05, 3.63) is 53.1 Å². The Morgan fingerprint density at radius 1 is 1.12 bits per heavy atom. The van der Waals surface area contributed by atoms with E-state index in [0.29, 0.717) is 11.7 Å². The summed E-state index contributed by atoms with van der Waals surface area (Å²) in [4.78, 5) is 0. The second kappa shape index (κ2) is 6.38. The van der Waals surface area contributed by atoms with Gasteiger partial charge in [-0.1, -0.05) is 23.7 Å². The van der Waals surface area contributed by atoms with E-state index in [1.54, 1.807) is 7.11 Å². The van der Waals surface area contributed by atoms with Gasteiger partial charge in [0.25, 0.3) is 0 Å². The van der Waals surface area contributed by atoms with Crippen molar-refractivity contribution in [2.75, 3.05) is 13.9 Å². The zero-order valence-electron chi connectivity index (χ0n) is 13.3. The van der Waals surface area contributed by atoms with Crippen LogP contribution in [0.2, 0.25) is 5.02 Å². The highest BCUT2D eigenvalue weighted by molar-refractivity contribution is 6.32. The maximum atomic E-state index is 6.45. The molecule has 0 saturated heterocycles. The van der Waals surface area contributed by atoms with Crippen LogP contribution in [0, 0.1) is 0 Å². The molecule has 4 nitrogen and oxygen atoms in total. The molecule has 0 aliphatic heterocycles. The number of hydrogen-bond acceptors (Lipinski definition) is 4. The van der Waals surface area contributed by atoms with Crippen molar-refractivity contribution in [2.45, 2.75) is 18.8 Å². The molecular formula is C19H17ClN2O2. The number of hydrogen-bond donors (Lipinski definition) is 0. The highest BCUT2D eigenvalue weighted by Gasteiger charge is 2.26. The smallest absolute Gasteiger partial charge is 0.188 e. The van der Waals surface area contributed by atoms with Crippen molar-refractivity contribution in [3.8, 4) is 17.0 Å². The fourth-order valence-corrected chi connectivity index (χ4v) is 3.17. The van der Waals surface area contributed by atoms with Gasteiger partial charge in [0.2, 0.25) is 0 Å². The van der Waals surface area contributed by atoms with Gasteiger partial charge in [-0.2, -0.15) is 0 Å². The molecule has 5 heteroatoms. The van der Waals surface area contributed by atoms with Crippen LogP contribution in [0.1, 0.15) is 24.3 Å². The number of benzene rings is 2. The summed E-state index contributed by atoms with van der Waals surface area (Å²) >= 11 is 6.45. The summed E-state index contributed by atoms with van der Waals surface area (Å²) < 4.78 is 10.6. The minimum absolute atomic E-state index is 0.189. The van der Waals surface area contributed by atoms with Gasteiger partial charge in [-0.25, -0.2) is 0 Å². The normalized spacial score (nSPS) is 14.1. The van der Waals surface area contributed by atoms with Crippen LogP contribution in [-0.2, 0) is 4.74 Å². The van der Waals surface area contributed by atoms with Crippen molar-refractivity contribution in [1.82, 2.24) is 10.2 Å². The minimum Gasteiger partial charge on any atom is -0.467 e. The van der Waals surface area contributed by atoms with Gasteiger partial charge in [-0.15, -0.1) is 10.2 Å². The molecule has 1 aliphatic carbocycles. The molecule has 0 amide bonds. The highest BCUT2D eigenvalue weighted by Crippen LogP contribution is 2.44. The maximum Gasteiger partial charge on any atom is 0.188 e. The fraction of sp³-hybridized carbons (Fsp3) is 0.263. The van der Waals surface area contributed by atoms with Crippen LogP contribution in [0.3, 0.4) is 0 Å². The topological polar surface area (TPSA) is 44.2 Å². The van der Waals surface area contributed by atoms with Gasteiger partial charge in [-0.05, 0) is 54.7 Å². The van der Waals surface area contributed by atoms with Crippen LogP contribution in [-0.4, -0.2) is 24.1 Å². The summed E-state index contributed by atoms with van der Waals surface area (Å²) in [5, 5.41) is 10.6. The number of rotatable bonds is 5. The van der Waals surface area contributed by atoms with Crippen molar-refractivity contribution in [1.29, 1.82) is 0 Å². The Kier molecular flexibility index (Phi) is 4.08. The number of halogens is 1. The molecule has 0 bridgehead atoms. The zero-order valence-corrected chi connectivity index (χ0v) is 14.1. The van der Waals surface area contributed by atoms with Gasteiger partial charge in [0.15, 0.2) is 6.79 Å². The van der Waals surface area contributed by atoms with Gasteiger partial charge in [0, 0.05) is 23.1 Å². The maximum absolute atomic E-state index is 6.45. The van der Waals surface area contributed by atoms with E-state index in [1.165, 1.54) is 18.4 Å². The second-order valence-electron chi connectivity index (χ2n) is 5.98. The zero-order chi connectivity index (χ0) is 16.5. The predicted octanol–water partition coefficient (Wildman–Crippen LogP) is 4.81. The summed E-state index contributed by atoms with van der Waals surface area (Å²) in [7, 11) is 1.60. The molecule has 0 atom stereocenters. The lowest BCUT2D eigenvalue weighted by Gasteiger charge is -2.11. The SMILES string of the molecule is COCOc1ccccc1-c1cc2cc(Cl)c(C3CC3)cc2nn1. The number of fused-ring (bicyclic) bond motifs is 1. The molecule has 1 fully saturated rings. The molecule has 0 N–H and O–H groups in total. The van der Waals surface area contributed by atoms with E-state index < -0.39 is 0 Å². The minimum atomic E-state index is 0.189. The van der Waals surface area contributed by atoms with Crippen molar-refractivity contribution >= 4 is 22.5 Å². The third-order valence-corrected chi connectivity index (χ3v) is 4.54. The van der Waals surface area contributed by atoms with Gasteiger partial charge < -0.3 is 9.47 Å². The van der Waals surface area contributed by atoms with E-state index in [4.69, 9.17) is 21.1 Å². The van der Waals surface area contributed by atoms with E-state index in [2.05, 4.69) is 16.3 Å². The van der Waals surface area contributed by atoms with E-state index >= 15 is 0 Å². The summed E-state index contributed by atoms with van der Waals surface area (Å²) in [6.07, 6.45) is 2.42. The molecule has 1 heterocycles. The number of para-hydroxylation sites is 1. The monoisotopic (exact) mass is 340 g/mol. The highest BCUT2D eigenvalue weighted by atomic mass is 35.5. The van der Waals surface area contributed by atoms with Crippen LogP contribution < -0.4 is 4.74 Å². The molecule has 24 heavy (non-hydrogen) atoms. The van der Waals surface area contributed by atoms with Crippen LogP contribution in [0.25, 0.3) is 22.2 Å². The van der Waals surface area contributed by atoms with Crippen LogP contribution in [0.15, 0.2) is 42.5 Å². The Balaban J connectivity index is 1.76. The summed E-state index contributed by atoms with van der Waals surface area (Å²) in [6, 6.07) is 13.8. The lowest BCUT2D eigenvalue weighted by molar-refractivity contribution is 0.0515. The lowest BCUT2D eigenvalue weighted by Crippen LogP contribution is -2.01. The van der Waals surface area contributed by atoms with E-state index in [-0.39, 0.29) is 6.79 Å². The average Bonchev–Trinajstić information content (AvgIpc) is 3.44. The fourth-order valence-electron chi connectivity index (χ4n) is 2.84. The lowest BCUT2D eigenvalue weighted by atomic mass is 10.1. The third kappa shape index (κ3) is 2.95. The Bertz CT molecular complexity index is 894. The number of aromatic nitrogens is 2. The van der Waals surface area contributed by atoms with Crippen LogP contribution >= 0.6 is 11.6 Å². The molecule has 1 aliphatic rings. The second-order valence-corrected chi connectivity index (χ2v) is 6.39. The molecule has 1 saturated carbocycles. The molecule has 0 radical (unpaired) electrons. The molecule has 1 aromatic heterocycles. The first-order valence-corrected chi connectivity index (χ1v) is 8.32. The van der Waals surface area contributed by atoms with Gasteiger partial charge in [0.1, 0.15) is 5.75 Å². The number of methoxy groups -OCH3 is 1. The molecular weight excluding hydrogens is 324 g/mol. The summed E-state index contributed by atoms with van der Waals surface area (Å²) in [5.74, 6) is 1.31. The van der Waals surface area contributed by atoms with E-state index in [0.717, 1.165) is 27.2 Å². The summed E-state index contributed by atoms with van der Waals surface area (Å²) in [5.41, 5.74) is 3.70. The summed E-state index contributed by atoms with van der Waals surface area (Å²) in [6.45, 7) is 0.189. The van der Waals surface area contributed by atoms with Gasteiger partial charge >= 0.3 is 0 Å². The van der Waals surface area contributed by atoms with E-state index in [1.807, 2.05) is 36.4 Å². The largest absolute Gasteiger partial charge is 0.467 e. The molecule has 3 aromatic rings. The first-order chi connectivity index (χ1) is 11.8. The van der Waals surface area contributed by atoms with Gasteiger partial charge in [0.05, 0.1) is 11.2 Å². The Labute approximate surface area is 145 Å². The first-order valence-electron chi connectivity index (χ1n) is 7.94. The molecule has 4 rings (SSSR count). The average molecular weight is 341 g/mol. The molecule has 122 valence electrons. The molecule has 0 spiro atoms. The van der Waals surface area contributed by atoms with Crippen LogP contribution in [0.5, 0.6) is 5.75 Å². The predicted molar refractivity (Wildman–Crippen MR) is 94.5 cm³/mol. The number of nitrogens with zero attached hydrogens (tertiary/aromatic N) is 2. The Hall–Kier alpha value is -2.17. The quantitative estimate of drug-likeness (QED) is 0.625. The van der Waals surface area contributed by atoms with Crippen molar-refractivity contribution in [3.63, 3.8) is 0 Å². The Morgan fingerprint density at radius 3 is 2.75 bits per heavy atom. The number of ether oxygens (including phenoxy) is 2. The standard InChI is InChI=1S/C19H17ClN2O2/c1-23-11-24-19-5-3-2-4-14(19)18-9-13-8-16(20)15(12-6-7-12)10-17(13)21-22-18/h2-5,8-10,12H,6-7,11H2,1H3. The van der Waals surface area contributed by atoms with Crippen molar-refractivity contribution < 1.29 is 9.47 Å². The first kappa shape index (κ1) is 15.4.